The number of nitrogens with zero attached hydrogens (tertiary/aromatic N) is 2. The van der Waals surface area contributed by atoms with E-state index in [2.05, 4.69) is 32.3 Å². The number of hydrogen-bond acceptors (Lipinski definition) is 5. The predicted octanol–water partition coefficient (Wildman–Crippen LogP) is 1.93. The summed E-state index contributed by atoms with van der Waals surface area (Å²) in [6.07, 6.45) is 2.28. The van der Waals surface area contributed by atoms with Crippen molar-refractivity contribution >= 4 is 5.91 Å². The average Bonchev–Trinajstić information content (AvgIpc) is 2.67. The molecule has 2 aromatic rings. The number of methoxy groups -OCH3 is 1. The minimum atomic E-state index is -0.181. The van der Waals surface area contributed by atoms with Gasteiger partial charge in [0, 0.05) is 45.3 Å². The molecule has 1 saturated heterocycles. The number of nitrogens with one attached hydrogen (secondary N) is 2. The van der Waals surface area contributed by atoms with Crippen molar-refractivity contribution in [1.29, 1.82) is 0 Å². The van der Waals surface area contributed by atoms with Crippen molar-refractivity contribution in [2.75, 3.05) is 26.7 Å². The molecular formula is C21H28N4O3. The van der Waals surface area contributed by atoms with E-state index in [0.29, 0.717) is 24.0 Å². The molecule has 0 saturated carbocycles. The molecule has 0 radical (unpaired) electrons. The summed E-state index contributed by atoms with van der Waals surface area (Å²) in [5.41, 5.74) is 2.50. The number of likely N-dealkylation sites (tertiary alicyclic amines) is 1. The monoisotopic (exact) mass is 384 g/mol. The van der Waals surface area contributed by atoms with Gasteiger partial charge in [0.1, 0.15) is 5.82 Å². The second-order valence-corrected chi connectivity index (χ2v) is 7.40. The third kappa shape index (κ3) is 5.74. The Morgan fingerprint density at radius 2 is 2.25 bits per heavy atom. The topological polar surface area (TPSA) is 87.3 Å². The first-order valence-corrected chi connectivity index (χ1v) is 9.69. The standard InChI is InChI=1S/C21H28N4O3/c1-15(26)22-11-17-6-4-8-25(13-17)12-16-5-3-7-18(9-16)21-23-19(14-28-2)10-20(27)24-21/h3,5,7,9-10,17H,4,6,8,11-14H2,1-2H3,(H,22,26)(H,23,24,27). The highest BCUT2D eigenvalue weighted by atomic mass is 16.5. The summed E-state index contributed by atoms with van der Waals surface area (Å²) in [5.74, 6) is 1.08. The first-order chi connectivity index (χ1) is 13.5. The molecule has 1 unspecified atom stereocenters. The third-order valence-corrected chi connectivity index (χ3v) is 4.94. The van der Waals surface area contributed by atoms with Gasteiger partial charge in [-0.15, -0.1) is 0 Å². The first kappa shape index (κ1) is 20.2. The maximum atomic E-state index is 11.9. The molecule has 1 aromatic carbocycles. The van der Waals surface area contributed by atoms with Gasteiger partial charge in [-0.25, -0.2) is 4.98 Å². The van der Waals surface area contributed by atoms with Crippen LogP contribution in [0, 0.1) is 5.92 Å². The Kier molecular flexibility index (Phi) is 6.95. The maximum absolute atomic E-state index is 11.9. The molecule has 7 heteroatoms. The van der Waals surface area contributed by atoms with Crippen molar-refractivity contribution < 1.29 is 9.53 Å². The van der Waals surface area contributed by atoms with Gasteiger partial charge in [0.05, 0.1) is 12.3 Å². The van der Waals surface area contributed by atoms with E-state index in [4.69, 9.17) is 4.74 Å². The lowest BCUT2D eigenvalue weighted by Gasteiger charge is -2.32. The summed E-state index contributed by atoms with van der Waals surface area (Å²) in [7, 11) is 1.58. The van der Waals surface area contributed by atoms with Gasteiger partial charge in [0.15, 0.2) is 0 Å². The van der Waals surface area contributed by atoms with Crippen molar-refractivity contribution in [1.82, 2.24) is 20.2 Å². The fourth-order valence-corrected chi connectivity index (χ4v) is 3.69. The zero-order chi connectivity index (χ0) is 19.9. The lowest BCUT2D eigenvalue weighted by Crippen LogP contribution is -2.40. The Morgan fingerprint density at radius 3 is 3.04 bits per heavy atom. The maximum Gasteiger partial charge on any atom is 0.251 e. The van der Waals surface area contributed by atoms with Crippen LogP contribution in [0.5, 0.6) is 0 Å². The summed E-state index contributed by atoms with van der Waals surface area (Å²) < 4.78 is 5.09. The highest BCUT2D eigenvalue weighted by Gasteiger charge is 2.20. The molecule has 2 heterocycles. The lowest BCUT2D eigenvalue weighted by atomic mass is 9.97. The molecular weight excluding hydrogens is 356 g/mol. The van der Waals surface area contributed by atoms with Crippen LogP contribution >= 0.6 is 0 Å². The number of piperidine rings is 1. The molecule has 1 aliphatic rings. The molecule has 0 bridgehead atoms. The van der Waals surface area contributed by atoms with Gasteiger partial charge in [0.2, 0.25) is 5.91 Å². The molecule has 7 nitrogen and oxygen atoms in total. The number of aromatic amines is 1. The van der Waals surface area contributed by atoms with E-state index in [1.165, 1.54) is 11.6 Å². The van der Waals surface area contributed by atoms with E-state index in [1.54, 1.807) is 14.0 Å². The third-order valence-electron chi connectivity index (χ3n) is 4.94. The molecule has 28 heavy (non-hydrogen) atoms. The molecule has 0 aliphatic carbocycles. The summed E-state index contributed by atoms with van der Waals surface area (Å²) >= 11 is 0. The minimum Gasteiger partial charge on any atom is -0.378 e. The van der Waals surface area contributed by atoms with Crippen LogP contribution < -0.4 is 10.9 Å². The number of amides is 1. The molecule has 3 rings (SSSR count). The zero-order valence-corrected chi connectivity index (χ0v) is 16.5. The Hall–Kier alpha value is -2.51. The van der Waals surface area contributed by atoms with Crippen molar-refractivity contribution in [2.24, 2.45) is 5.92 Å². The number of ether oxygens (including phenoxy) is 1. The van der Waals surface area contributed by atoms with Crippen LogP contribution in [-0.2, 0) is 22.7 Å². The highest BCUT2D eigenvalue weighted by Crippen LogP contribution is 2.21. The fraction of sp³-hybridized carbons (Fsp3) is 0.476. The Morgan fingerprint density at radius 1 is 1.39 bits per heavy atom. The molecule has 150 valence electrons. The molecule has 1 amide bonds. The van der Waals surface area contributed by atoms with Crippen molar-refractivity contribution in [3.05, 3.63) is 51.9 Å². The van der Waals surface area contributed by atoms with Crippen molar-refractivity contribution in [3.63, 3.8) is 0 Å². The minimum absolute atomic E-state index is 0.0296. The summed E-state index contributed by atoms with van der Waals surface area (Å²) in [4.78, 5) is 32.8. The average molecular weight is 384 g/mol. The molecule has 2 N–H and O–H groups in total. The second-order valence-electron chi connectivity index (χ2n) is 7.40. The summed E-state index contributed by atoms with van der Waals surface area (Å²) in [6.45, 7) is 5.48. The molecule has 1 atom stereocenters. The number of carbonyl (C=O) groups excluding carboxylic acids is 1. The quantitative estimate of drug-likeness (QED) is 0.762. The van der Waals surface area contributed by atoms with Gasteiger partial charge in [-0.1, -0.05) is 18.2 Å². The van der Waals surface area contributed by atoms with Crippen LogP contribution in [0.25, 0.3) is 11.4 Å². The van der Waals surface area contributed by atoms with Crippen LogP contribution in [0.15, 0.2) is 35.1 Å². The number of benzene rings is 1. The summed E-state index contributed by atoms with van der Waals surface area (Å²) in [5, 5.41) is 2.93. The predicted molar refractivity (Wildman–Crippen MR) is 108 cm³/mol. The van der Waals surface area contributed by atoms with Crippen LogP contribution in [-0.4, -0.2) is 47.5 Å². The van der Waals surface area contributed by atoms with E-state index in [0.717, 1.165) is 44.6 Å². The van der Waals surface area contributed by atoms with Crippen LogP contribution in [0.2, 0.25) is 0 Å². The van der Waals surface area contributed by atoms with Crippen molar-refractivity contribution in [2.45, 2.75) is 32.9 Å². The number of aromatic nitrogens is 2. The van der Waals surface area contributed by atoms with Gasteiger partial charge < -0.3 is 15.0 Å². The normalized spacial score (nSPS) is 17.4. The van der Waals surface area contributed by atoms with E-state index in [1.807, 2.05) is 12.1 Å². The molecule has 1 fully saturated rings. The smallest absolute Gasteiger partial charge is 0.251 e. The Bertz CT molecular complexity index is 865. The first-order valence-electron chi connectivity index (χ1n) is 9.69. The molecule has 0 spiro atoms. The second kappa shape index (κ2) is 9.61. The fourth-order valence-electron chi connectivity index (χ4n) is 3.69. The molecule has 1 aromatic heterocycles. The van der Waals surface area contributed by atoms with E-state index >= 15 is 0 Å². The molecule has 1 aliphatic heterocycles. The van der Waals surface area contributed by atoms with Crippen LogP contribution in [0.3, 0.4) is 0 Å². The van der Waals surface area contributed by atoms with E-state index < -0.39 is 0 Å². The Labute approximate surface area is 165 Å². The SMILES string of the molecule is COCc1cc(=O)[nH]c(-c2cccc(CN3CCCC(CNC(C)=O)C3)c2)n1. The van der Waals surface area contributed by atoms with Gasteiger partial charge in [-0.05, 0) is 36.9 Å². The Balaban J connectivity index is 1.70. The van der Waals surface area contributed by atoms with Gasteiger partial charge in [-0.2, -0.15) is 0 Å². The number of carbonyl (C=O) groups is 1. The number of H-pyrrole nitrogens is 1. The highest BCUT2D eigenvalue weighted by molar-refractivity contribution is 5.72. The largest absolute Gasteiger partial charge is 0.378 e. The van der Waals surface area contributed by atoms with Gasteiger partial charge >= 0.3 is 0 Å². The summed E-state index contributed by atoms with van der Waals surface area (Å²) in [6, 6.07) is 9.57. The van der Waals surface area contributed by atoms with Crippen molar-refractivity contribution in [3.8, 4) is 11.4 Å². The van der Waals surface area contributed by atoms with E-state index in [-0.39, 0.29) is 11.5 Å². The zero-order valence-electron chi connectivity index (χ0n) is 16.5. The lowest BCUT2D eigenvalue weighted by molar-refractivity contribution is -0.119. The van der Waals surface area contributed by atoms with Crippen LogP contribution in [0.4, 0.5) is 0 Å². The number of hydrogen-bond donors (Lipinski definition) is 2. The van der Waals surface area contributed by atoms with Crippen LogP contribution in [0.1, 0.15) is 31.0 Å². The van der Waals surface area contributed by atoms with Gasteiger partial charge in [0.25, 0.3) is 5.56 Å². The van der Waals surface area contributed by atoms with Gasteiger partial charge in [-0.3, -0.25) is 14.5 Å². The van der Waals surface area contributed by atoms with E-state index in [9.17, 15) is 9.59 Å². The number of rotatable bonds is 7.